The molecule has 0 aliphatic rings. The molecule has 30 heavy (non-hydrogen) atoms. The number of nitrogens with one attached hydrogen (secondary N) is 2. The van der Waals surface area contributed by atoms with Crippen molar-refractivity contribution in [3.05, 3.63) is 96.1 Å². The fourth-order valence-corrected chi connectivity index (χ4v) is 3.32. The van der Waals surface area contributed by atoms with Gasteiger partial charge in [-0.15, -0.1) is 0 Å². The van der Waals surface area contributed by atoms with E-state index in [9.17, 15) is 9.59 Å². The van der Waals surface area contributed by atoms with E-state index in [1.165, 1.54) is 11.1 Å². The van der Waals surface area contributed by atoms with Gasteiger partial charge in [0.1, 0.15) is 0 Å². The number of benzene rings is 3. The van der Waals surface area contributed by atoms with Crippen molar-refractivity contribution in [1.82, 2.24) is 0 Å². The minimum Gasteiger partial charge on any atom is -0.324 e. The molecular weight excluding hydrogens is 372 g/mol. The van der Waals surface area contributed by atoms with Crippen molar-refractivity contribution in [2.75, 3.05) is 10.6 Å². The van der Waals surface area contributed by atoms with Crippen LogP contribution in [0.1, 0.15) is 36.8 Å². The Labute approximate surface area is 178 Å². The number of amides is 2. The topological polar surface area (TPSA) is 58.2 Å². The number of carbonyl (C=O) groups is 2. The van der Waals surface area contributed by atoms with E-state index < -0.39 is 0 Å². The monoisotopic (exact) mass is 400 g/mol. The molecule has 0 bridgehead atoms. The summed E-state index contributed by atoms with van der Waals surface area (Å²) < 4.78 is 0. The highest BCUT2D eigenvalue weighted by Crippen LogP contribution is 2.22. The van der Waals surface area contributed by atoms with Crippen molar-refractivity contribution in [2.24, 2.45) is 0 Å². The molecule has 0 fully saturated rings. The molecule has 0 unspecified atom stereocenters. The Hall–Kier alpha value is -3.40. The summed E-state index contributed by atoms with van der Waals surface area (Å²) in [4.78, 5) is 24.7. The van der Waals surface area contributed by atoms with Crippen molar-refractivity contribution in [2.45, 2.75) is 38.5 Å². The van der Waals surface area contributed by atoms with Crippen LogP contribution in [0.4, 0.5) is 11.4 Å². The summed E-state index contributed by atoms with van der Waals surface area (Å²) in [7, 11) is 0. The third kappa shape index (κ3) is 7.21. The summed E-state index contributed by atoms with van der Waals surface area (Å²) in [6, 6.07) is 27.6. The highest BCUT2D eigenvalue weighted by Gasteiger charge is 2.09. The fourth-order valence-electron chi connectivity index (χ4n) is 3.32. The van der Waals surface area contributed by atoms with Crippen LogP contribution >= 0.6 is 0 Å². The van der Waals surface area contributed by atoms with Crippen molar-refractivity contribution < 1.29 is 9.59 Å². The molecule has 3 aromatic rings. The molecule has 0 heterocycles. The number of aryl methyl sites for hydroxylation is 2. The summed E-state index contributed by atoms with van der Waals surface area (Å²) in [5.74, 6) is -0.0894. The zero-order chi connectivity index (χ0) is 21.0. The van der Waals surface area contributed by atoms with Crippen LogP contribution < -0.4 is 10.6 Å². The summed E-state index contributed by atoms with van der Waals surface area (Å²) in [6.07, 6.45) is 4.18. The molecule has 4 nitrogen and oxygen atoms in total. The minimum absolute atomic E-state index is 0.0447. The van der Waals surface area contributed by atoms with Crippen LogP contribution in [-0.2, 0) is 22.4 Å². The summed E-state index contributed by atoms with van der Waals surface area (Å²) in [5, 5.41) is 5.86. The van der Waals surface area contributed by atoms with E-state index in [0.29, 0.717) is 24.2 Å². The van der Waals surface area contributed by atoms with Gasteiger partial charge in [-0.1, -0.05) is 72.8 Å². The average molecular weight is 401 g/mol. The number of hydrogen-bond donors (Lipinski definition) is 2. The second kappa shape index (κ2) is 11.6. The lowest BCUT2D eigenvalue weighted by Crippen LogP contribution is -2.16. The van der Waals surface area contributed by atoms with E-state index in [4.69, 9.17) is 0 Å². The number of carbonyl (C=O) groups excluding carboxylic acids is 2. The first-order chi connectivity index (χ1) is 14.7. The van der Waals surface area contributed by atoms with Crippen LogP contribution in [-0.4, -0.2) is 11.8 Å². The second-order valence-corrected chi connectivity index (χ2v) is 7.32. The molecule has 0 radical (unpaired) electrons. The number of para-hydroxylation sites is 2. The third-order valence-corrected chi connectivity index (χ3v) is 4.90. The third-order valence-electron chi connectivity index (χ3n) is 4.90. The van der Waals surface area contributed by atoms with E-state index >= 15 is 0 Å². The second-order valence-electron chi connectivity index (χ2n) is 7.32. The van der Waals surface area contributed by atoms with Gasteiger partial charge in [-0.25, -0.2) is 0 Å². The molecule has 0 aliphatic heterocycles. The maximum absolute atomic E-state index is 12.3. The summed E-state index contributed by atoms with van der Waals surface area (Å²) in [6.45, 7) is 0. The number of anilines is 2. The van der Waals surface area contributed by atoms with Gasteiger partial charge in [0, 0.05) is 12.8 Å². The Morgan fingerprint density at radius 1 is 0.533 bits per heavy atom. The molecule has 0 aliphatic carbocycles. The largest absolute Gasteiger partial charge is 0.324 e. The lowest BCUT2D eigenvalue weighted by molar-refractivity contribution is -0.117. The van der Waals surface area contributed by atoms with Gasteiger partial charge in [0.15, 0.2) is 0 Å². The first-order valence-electron chi connectivity index (χ1n) is 10.5. The van der Waals surface area contributed by atoms with Gasteiger partial charge in [0.2, 0.25) is 11.8 Å². The van der Waals surface area contributed by atoms with Gasteiger partial charge in [-0.2, -0.15) is 0 Å². The highest BCUT2D eigenvalue weighted by atomic mass is 16.2. The molecule has 3 rings (SSSR count). The first kappa shape index (κ1) is 21.3. The van der Waals surface area contributed by atoms with Gasteiger partial charge in [0.25, 0.3) is 0 Å². The van der Waals surface area contributed by atoms with Crippen molar-refractivity contribution in [1.29, 1.82) is 0 Å². The lowest BCUT2D eigenvalue weighted by Gasteiger charge is -2.12. The Morgan fingerprint density at radius 3 is 1.30 bits per heavy atom. The van der Waals surface area contributed by atoms with E-state index in [-0.39, 0.29) is 11.8 Å². The van der Waals surface area contributed by atoms with Crippen molar-refractivity contribution >= 4 is 23.2 Å². The number of rotatable bonds is 10. The maximum atomic E-state index is 12.3. The van der Waals surface area contributed by atoms with E-state index in [1.807, 2.05) is 60.7 Å². The van der Waals surface area contributed by atoms with Crippen molar-refractivity contribution in [3.8, 4) is 0 Å². The van der Waals surface area contributed by atoms with Gasteiger partial charge >= 0.3 is 0 Å². The Bertz CT molecular complexity index is 861. The van der Waals surface area contributed by atoms with Gasteiger partial charge < -0.3 is 10.6 Å². The van der Waals surface area contributed by atoms with Crippen LogP contribution in [0.2, 0.25) is 0 Å². The van der Waals surface area contributed by atoms with Gasteiger partial charge in [-0.05, 0) is 48.9 Å². The predicted molar refractivity (Wildman–Crippen MR) is 122 cm³/mol. The van der Waals surface area contributed by atoms with Gasteiger partial charge in [-0.3, -0.25) is 9.59 Å². The normalized spacial score (nSPS) is 10.4. The Kier molecular flexibility index (Phi) is 8.22. The molecular formula is C26H28N2O2. The molecule has 3 aromatic carbocycles. The fraction of sp³-hybridized carbons (Fsp3) is 0.231. The molecule has 154 valence electrons. The molecule has 0 saturated heterocycles. The SMILES string of the molecule is O=C(CCCc1ccccc1)Nc1ccccc1NC(=O)CCCc1ccccc1. The zero-order valence-corrected chi connectivity index (χ0v) is 17.1. The lowest BCUT2D eigenvalue weighted by atomic mass is 10.1. The van der Waals surface area contributed by atoms with Crippen LogP contribution in [0.5, 0.6) is 0 Å². The number of hydrogen-bond acceptors (Lipinski definition) is 2. The minimum atomic E-state index is -0.0447. The van der Waals surface area contributed by atoms with Crippen LogP contribution in [0.25, 0.3) is 0 Å². The molecule has 4 heteroatoms. The van der Waals surface area contributed by atoms with Crippen LogP contribution in [0.15, 0.2) is 84.9 Å². The predicted octanol–water partition coefficient (Wildman–Crippen LogP) is 5.61. The molecule has 0 spiro atoms. The first-order valence-corrected chi connectivity index (χ1v) is 10.5. The van der Waals surface area contributed by atoms with Crippen LogP contribution in [0, 0.1) is 0 Å². The zero-order valence-electron chi connectivity index (χ0n) is 17.1. The quantitative estimate of drug-likeness (QED) is 0.465. The standard InChI is InChI=1S/C26H28N2O2/c29-25(19-9-15-21-11-3-1-4-12-21)27-23-17-7-8-18-24(23)28-26(30)20-10-16-22-13-5-2-6-14-22/h1-8,11-14,17-18H,9-10,15-16,19-20H2,(H,27,29)(H,28,30). The van der Waals surface area contributed by atoms with E-state index in [0.717, 1.165) is 25.7 Å². The maximum Gasteiger partial charge on any atom is 0.224 e. The van der Waals surface area contributed by atoms with Gasteiger partial charge in [0.05, 0.1) is 11.4 Å². The molecule has 0 saturated carbocycles. The average Bonchev–Trinajstić information content (AvgIpc) is 2.77. The molecule has 0 aromatic heterocycles. The molecule has 2 amide bonds. The van der Waals surface area contributed by atoms with E-state index in [2.05, 4.69) is 34.9 Å². The Balaban J connectivity index is 1.45. The van der Waals surface area contributed by atoms with Crippen molar-refractivity contribution in [3.63, 3.8) is 0 Å². The highest BCUT2D eigenvalue weighted by molar-refractivity contribution is 5.99. The smallest absolute Gasteiger partial charge is 0.224 e. The Morgan fingerprint density at radius 2 is 0.900 bits per heavy atom. The van der Waals surface area contributed by atoms with E-state index in [1.54, 1.807) is 0 Å². The molecule has 2 N–H and O–H groups in total. The summed E-state index contributed by atoms with van der Waals surface area (Å²) >= 11 is 0. The molecule has 0 atom stereocenters. The van der Waals surface area contributed by atoms with Crippen LogP contribution in [0.3, 0.4) is 0 Å². The summed E-state index contributed by atoms with van der Waals surface area (Å²) in [5.41, 5.74) is 3.74.